The van der Waals surface area contributed by atoms with E-state index in [9.17, 15) is 4.79 Å². The molecule has 4 aromatic carbocycles. The lowest BCUT2D eigenvalue weighted by Gasteiger charge is -2.04. The lowest BCUT2D eigenvalue weighted by atomic mass is 10.0. The zero-order chi connectivity index (χ0) is 20.6. The molecule has 2 heteroatoms. The van der Waals surface area contributed by atoms with Crippen LogP contribution in [0.1, 0.15) is 25.0 Å². The van der Waals surface area contributed by atoms with E-state index in [0.717, 1.165) is 22.4 Å². The van der Waals surface area contributed by atoms with Crippen molar-refractivity contribution in [2.45, 2.75) is 13.8 Å². The van der Waals surface area contributed by atoms with Gasteiger partial charge < -0.3 is 4.74 Å². The molecular formula is C27H24O2. The van der Waals surface area contributed by atoms with Gasteiger partial charge in [0.25, 0.3) is 0 Å². The molecule has 144 valence electrons. The molecular weight excluding hydrogens is 356 g/mol. The Balaban J connectivity index is 0.00000117. The highest BCUT2D eigenvalue weighted by Gasteiger charge is 2.02. The zero-order valence-electron chi connectivity index (χ0n) is 16.8. The maximum Gasteiger partial charge on any atom is 0.335 e. The second-order valence-electron chi connectivity index (χ2n) is 6.33. The highest BCUT2D eigenvalue weighted by atomic mass is 16.5. The van der Waals surface area contributed by atoms with E-state index in [1.54, 1.807) is 6.07 Å². The number of carbonyl (C=O) groups excluding carboxylic acids is 1. The van der Waals surface area contributed by atoms with Gasteiger partial charge in [0.1, 0.15) is 5.75 Å². The summed E-state index contributed by atoms with van der Waals surface area (Å²) < 4.78 is 5.17. The van der Waals surface area contributed by atoms with Crippen LogP contribution in [-0.4, -0.2) is 5.97 Å². The van der Waals surface area contributed by atoms with E-state index in [0.29, 0.717) is 5.75 Å². The number of hydrogen-bond donors (Lipinski definition) is 0. The van der Waals surface area contributed by atoms with Crippen LogP contribution in [0.2, 0.25) is 0 Å². The van der Waals surface area contributed by atoms with Crippen molar-refractivity contribution in [1.29, 1.82) is 0 Å². The van der Waals surface area contributed by atoms with E-state index in [1.807, 2.05) is 32.0 Å². The first-order chi connectivity index (χ1) is 14.2. The average molecular weight is 380 g/mol. The lowest BCUT2D eigenvalue weighted by Crippen LogP contribution is -2.02. The largest absolute Gasteiger partial charge is 0.423 e. The van der Waals surface area contributed by atoms with Gasteiger partial charge in [-0.05, 0) is 56.9 Å². The second kappa shape index (κ2) is 9.52. The summed E-state index contributed by atoms with van der Waals surface area (Å²) in [5.41, 5.74) is 2.28. The predicted octanol–water partition coefficient (Wildman–Crippen LogP) is 7.28. The first kappa shape index (κ1) is 20.1. The van der Waals surface area contributed by atoms with Crippen LogP contribution >= 0.6 is 0 Å². The van der Waals surface area contributed by atoms with Crippen LogP contribution in [0.25, 0.3) is 33.7 Å². The summed E-state index contributed by atoms with van der Waals surface area (Å²) in [7, 11) is 0. The molecule has 29 heavy (non-hydrogen) atoms. The van der Waals surface area contributed by atoms with Crippen molar-refractivity contribution in [2.75, 3.05) is 0 Å². The summed E-state index contributed by atoms with van der Waals surface area (Å²) in [4.78, 5) is 11.3. The van der Waals surface area contributed by atoms with Crippen molar-refractivity contribution in [3.63, 3.8) is 0 Å². The third-order valence-corrected chi connectivity index (χ3v) is 4.46. The standard InChI is InChI=1S/C25H18O2.C2H6/c1-2-25(26)27-24-14-13-22-16-19(10-12-23(22)17-24)8-7-18-9-11-20-5-3-4-6-21(20)15-18;1-2/h2-17H,1H2;1-2H3/b8-7-;. The van der Waals surface area contributed by atoms with Gasteiger partial charge >= 0.3 is 5.97 Å². The molecule has 0 N–H and O–H groups in total. The normalized spacial score (nSPS) is 10.6. The number of benzene rings is 4. The Morgan fingerprint density at radius 1 is 0.724 bits per heavy atom. The van der Waals surface area contributed by atoms with Crippen LogP contribution < -0.4 is 4.74 Å². The van der Waals surface area contributed by atoms with Crippen molar-refractivity contribution in [1.82, 2.24) is 0 Å². The average Bonchev–Trinajstić information content (AvgIpc) is 2.78. The van der Waals surface area contributed by atoms with E-state index in [-0.39, 0.29) is 0 Å². The van der Waals surface area contributed by atoms with Crippen molar-refractivity contribution >= 4 is 39.7 Å². The molecule has 0 unspecified atom stereocenters. The van der Waals surface area contributed by atoms with Crippen molar-refractivity contribution in [2.24, 2.45) is 0 Å². The van der Waals surface area contributed by atoms with E-state index < -0.39 is 5.97 Å². The molecule has 0 aliphatic rings. The van der Waals surface area contributed by atoms with Gasteiger partial charge in [-0.15, -0.1) is 0 Å². The Hall–Kier alpha value is -3.65. The highest BCUT2D eigenvalue weighted by molar-refractivity contribution is 5.90. The Labute approximate surface area is 171 Å². The molecule has 0 spiro atoms. The number of esters is 1. The van der Waals surface area contributed by atoms with Gasteiger partial charge in [0.2, 0.25) is 0 Å². The van der Waals surface area contributed by atoms with Gasteiger partial charge in [0.05, 0.1) is 0 Å². The molecule has 2 nitrogen and oxygen atoms in total. The number of ether oxygens (including phenoxy) is 1. The molecule has 0 heterocycles. The maximum absolute atomic E-state index is 11.3. The maximum atomic E-state index is 11.3. The molecule has 0 aromatic heterocycles. The minimum Gasteiger partial charge on any atom is -0.423 e. The number of hydrogen-bond acceptors (Lipinski definition) is 2. The van der Waals surface area contributed by atoms with Crippen LogP contribution in [-0.2, 0) is 4.79 Å². The zero-order valence-corrected chi connectivity index (χ0v) is 16.8. The molecule has 0 fully saturated rings. The molecule has 0 saturated heterocycles. The Kier molecular flexibility index (Phi) is 6.59. The molecule has 4 aromatic rings. The second-order valence-corrected chi connectivity index (χ2v) is 6.33. The lowest BCUT2D eigenvalue weighted by molar-refractivity contribution is -0.128. The predicted molar refractivity (Wildman–Crippen MR) is 124 cm³/mol. The Morgan fingerprint density at radius 2 is 1.24 bits per heavy atom. The molecule has 0 radical (unpaired) electrons. The van der Waals surface area contributed by atoms with Crippen molar-refractivity contribution in [3.05, 3.63) is 103 Å². The molecule has 0 saturated carbocycles. The molecule has 0 bridgehead atoms. The fourth-order valence-electron chi connectivity index (χ4n) is 3.07. The smallest absolute Gasteiger partial charge is 0.335 e. The Bertz CT molecular complexity index is 1190. The number of carbonyl (C=O) groups is 1. The van der Waals surface area contributed by atoms with Gasteiger partial charge in [-0.3, -0.25) is 0 Å². The number of fused-ring (bicyclic) bond motifs is 2. The van der Waals surface area contributed by atoms with Gasteiger partial charge in [-0.25, -0.2) is 4.79 Å². The van der Waals surface area contributed by atoms with E-state index in [1.165, 1.54) is 16.3 Å². The van der Waals surface area contributed by atoms with Gasteiger partial charge in [0.15, 0.2) is 0 Å². The highest BCUT2D eigenvalue weighted by Crippen LogP contribution is 2.23. The van der Waals surface area contributed by atoms with E-state index in [2.05, 4.69) is 73.3 Å². The Morgan fingerprint density at radius 3 is 1.90 bits per heavy atom. The topological polar surface area (TPSA) is 26.3 Å². The monoisotopic (exact) mass is 380 g/mol. The van der Waals surface area contributed by atoms with Gasteiger partial charge in [0, 0.05) is 6.08 Å². The van der Waals surface area contributed by atoms with Crippen LogP contribution in [0, 0.1) is 0 Å². The van der Waals surface area contributed by atoms with Crippen LogP contribution in [0.3, 0.4) is 0 Å². The summed E-state index contributed by atoms with van der Waals surface area (Å²) in [5, 5.41) is 4.59. The van der Waals surface area contributed by atoms with E-state index in [4.69, 9.17) is 4.74 Å². The molecule has 0 atom stereocenters. The fourth-order valence-corrected chi connectivity index (χ4v) is 3.07. The minimum absolute atomic E-state index is 0.454. The summed E-state index contributed by atoms with van der Waals surface area (Å²) in [6, 6.07) is 26.6. The molecule has 0 aliphatic heterocycles. The first-order valence-electron chi connectivity index (χ1n) is 9.76. The third-order valence-electron chi connectivity index (χ3n) is 4.46. The minimum atomic E-state index is -0.454. The van der Waals surface area contributed by atoms with E-state index >= 15 is 0 Å². The van der Waals surface area contributed by atoms with Crippen molar-refractivity contribution in [3.8, 4) is 5.75 Å². The third kappa shape index (κ3) is 4.99. The summed E-state index contributed by atoms with van der Waals surface area (Å²) >= 11 is 0. The molecule has 4 rings (SSSR count). The molecule has 0 aliphatic carbocycles. The SMILES string of the molecule is C=CC(=O)Oc1ccc2cc(/C=C\c3ccc4ccccc4c3)ccc2c1.CC. The van der Waals surface area contributed by atoms with Crippen LogP contribution in [0.15, 0.2) is 91.5 Å². The van der Waals surface area contributed by atoms with Crippen LogP contribution in [0.4, 0.5) is 0 Å². The summed E-state index contributed by atoms with van der Waals surface area (Å²) in [6.45, 7) is 7.41. The van der Waals surface area contributed by atoms with Gasteiger partial charge in [-0.1, -0.05) is 87.2 Å². The molecule has 0 amide bonds. The van der Waals surface area contributed by atoms with Gasteiger partial charge in [-0.2, -0.15) is 0 Å². The quantitative estimate of drug-likeness (QED) is 0.161. The van der Waals surface area contributed by atoms with Crippen LogP contribution in [0.5, 0.6) is 5.75 Å². The first-order valence-corrected chi connectivity index (χ1v) is 9.76. The fraction of sp³-hybridized carbons (Fsp3) is 0.0741. The summed E-state index contributed by atoms with van der Waals surface area (Å²) in [6.07, 6.45) is 5.38. The summed E-state index contributed by atoms with van der Waals surface area (Å²) in [5.74, 6) is 0.0659. The number of rotatable bonds is 4. The van der Waals surface area contributed by atoms with Crippen molar-refractivity contribution < 1.29 is 9.53 Å².